The van der Waals surface area contributed by atoms with Gasteiger partial charge in [-0.2, -0.15) is 13.2 Å². The molecule has 1 aliphatic carbocycles. The van der Waals surface area contributed by atoms with Gasteiger partial charge in [-0.15, -0.1) is 0 Å². The number of hydrogen-bond acceptors (Lipinski definition) is 2. The molecule has 2 rings (SSSR count). The Hall–Kier alpha value is -1.59. The zero-order valence-corrected chi connectivity index (χ0v) is 11.2. The first kappa shape index (κ1) is 14.8. The highest BCUT2D eigenvalue weighted by atomic mass is 19.4. The molecule has 0 unspecified atom stereocenters. The lowest BCUT2D eigenvalue weighted by atomic mass is 9.78. The number of anilines is 1. The van der Waals surface area contributed by atoms with Crippen molar-refractivity contribution in [2.45, 2.75) is 38.8 Å². The van der Waals surface area contributed by atoms with E-state index in [1.165, 1.54) is 0 Å². The summed E-state index contributed by atoms with van der Waals surface area (Å²) < 4.78 is 38.9. The molecular weight excluding hydrogens is 269 g/mol. The Balaban J connectivity index is 2.10. The highest BCUT2D eigenvalue weighted by Crippen LogP contribution is 2.41. The van der Waals surface area contributed by atoms with Gasteiger partial charge < -0.3 is 5.32 Å². The van der Waals surface area contributed by atoms with Gasteiger partial charge in [0, 0.05) is 11.6 Å². The van der Waals surface area contributed by atoms with Crippen molar-refractivity contribution in [2.75, 3.05) is 5.32 Å². The lowest BCUT2D eigenvalue weighted by molar-refractivity contribution is -0.197. The van der Waals surface area contributed by atoms with Gasteiger partial charge in [0.05, 0.1) is 5.92 Å². The molecule has 3 nitrogen and oxygen atoms in total. The number of amides is 1. The van der Waals surface area contributed by atoms with E-state index in [9.17, 15) is 18.0 Å². The first-order chi connectivity index (χ1) is 9.38. The predicted octanol–water partition coefficient (Wildman–Crippen LogP) is 3.70. The molecule has 0 aromatic carbocycles. The zero-order chi connectivity index (χ0) is 14.8. The molecule has 0 saturated heterocycles. The topological polar surface area (TPSA) is 42.0 Å². The van der Waals surface area contributed by atoms with Crippen molar-refractivity contribution in [3.63, 3.8) is 0 Å². The van der Waals surface area contributed by atoms with Gasteiger partial charge in [0.2, 0.25) is 5.91 Å². The maximum atomic E-state index is 13.0. The molecule has 1 aromatic heterocycles. The number of halogens is 3. The first-order valence-corrected chi connectivity index (χ1v) is 6.69. The first-order valence-electron chi connectivity index (χ1n) is 6.69. The highest BCUT2D eigenvalue weighted by Gasteiger charge is 2.48. The van der Waals surface area contributed by atoms with Crippen molar-refractivity contribution in [1.29, 1.82) is 0 Å². The average Bonchev–Trinajstić information content (AvgIpc) is 2.37. The molecule has 2 atom stereocenters. The third kappa shape index (κ3) is 3.49. The van der Waals surface area contributed by atoms with Gasteiger partial charge in [-0.1, -0.05) is 18.9 Å². The number of carbonyl (C=O) groups excluding carboxylic acids is 1. The molecule has 1 aliphatic rings. The monoisotopic (exact) mass is 286 g/mol. The van der Waals surface area contributed by atoms with Crippen LogP contribution >= 0.6 is 0 Å². The van der Waals surface area contributed by atoms with Crippen molar-refractivity contribution in [3.05, 3.63) is 23.9 Å². The number of carbonyl (C=O) groups is 1. The van der Waals surface area contributed by atoms with E-state index in [1.807, 2.05) is 0 Å². The van der Waals surface area contributed by atoms with Crippen molar-refractivity contribution in [3.8, 4) is 0 Å². The van der Waals surface area contributed by atoms with Gasteiger partial charge in [0.25, 0.3) is 0 Å². The summed E-state index contributed by atoms with van der Waals surface area (Å²) in [6, 6.07) is 5.05. The minimum Gasteiger partial charge on any atom is -0.310 e. The summed E-state index contributed by atoms with van der Waals surface area (Å²) >= 11 is 0. The van der Waals surface area contributed by atoms with Crippen LogP contribution in [0.1, 0.15) is 31.4 Å². The molecule has 1 saturated carbocycles. The van der Waals surface area contributed by atoms with E-state index in [2.05, 4.69) is 10.3 Å². The fourth-order valence-corrected chi connectivity index (χ4v) is 2.67. The summed E-state index contributed by atoms with van der Waals surface area (Å²) in [6.45, 7) is 1.76. The van der Waals surface area contributed by atoms with Crippen LogP contribution in [0.4, 0.5) is 19.0 Å². The van der Waals surface area contributed by atoms with E-state index in [-0.39, 0.29) is 12.8 Å². The number of aromatic nitrogens is 1. The van der Waals surface area contributed by atoms with Gasteiger partial charge >= 0.3 is 6.18 Å². The van der Waals surface area contributed by atoms with Crippen LogP contribution in [-0.2, 0) is 4.79 Å². The molecule has 1 heterocycles. The Labute approximate surface area is 115 Å². The number of alkyl halides is 3. The molecule has 0 bridgehead atoms. The zero-order valence-electron chi connectivity index (χ0n) is 11.2. The molecule has 0 aliphatic heterocycles. The molecule has 1 aromatic rings. The number of pyridine rings is 1. The Morgan fingerprint density at radius 2 is 2.00 bits per heavy atom. The summed E-state index contributed by atoms with van der Waals surface area (Å²) in [6.07, 6.45) is -2.82. The number of hydrogen-bond donors (Lipinski definition) is 1. The maximum absolute atomic E-state index is 13.0. The summed E-state index contributed by atoms with van der Waals surface area (Å²) in [4.78, 5) is 16.2. The summed E-state index contributed by atoms with van der Waals surface area (Å²) in [5.41, 5.74) is 0.707. The van der Waals surface area contributed by atoms with Crippen LogP contribution in [0.15, 0.2) is 18.2 Å². The van der Waals surface area contributed by atoms with E-state index < -0.39 is 23.9 Å². The summed E-state index contributed by atoms with van der Waals surface area (Å²) in [5.74, 6) is -2.82. The Morgan fingerprint density at radius 3 is 2.65 bits per heavy atom. The minimum atomic E-state index is -4.32. The standard InChI is InChI=1S/C14H17F3N2O/c1-9-5-4-8-12(18-9)19-13(20)10-6-2-3-7-11(10)14(15,16)17/h4-5,8,10-11H,2-3,6-7H2,1H3,(H,18,19,20)/t10-,11+/m1/s1. The second-order valence-corrected chi connectivity index (χ2v) is 5.19. The molecular formula is C14H17F3N2O. The van der Waals surface area contributed by atoms with Gasteiger partial charge in [0.1, 0.15) is 5.82 Å². The molecule has 1 fully saturated rings. The van der Waals surface area contributed by atoms with Crippen molar-refractivity contribution >= 4 is 11.7 Å². The molecule has 1 N–H and O–H groups in total. The number of nitrogens with one attached hydrogen (secondary N) is 1. The Kier molecular flexibility index (Phi) is 4.30. The third-order valence-corrected chi connectivity index (χ3v) is 3.66. The van der Waals surface area contributed by atoms with Crippen LogP contribution in [0.25, 0.3) is 0 Å². The molecule has 0 radical (unpaired) electrons. The van der Waals surface area contributed by atoms with E-state index in [0.29, 0.717) is 24.4 Å². The SMILES string of the molecule is Cc1cccc(NC(=O)[C@@H]2CCCC[C@@H]2C(F)(F)F)n1. The number of nitrogens with zero attached hydrogens (tertiary/aromatic N) is 1. The second kappa shape index (κ2) is 5.81. The van der Waals surface area contributed by atoms with E-state index in [1.54, 1.807) is 25.1 Å². The minimum absolute atomic E-state index is 0.0306. The summed E-state index contributed by atoms with van der Waals surface area (Å²) in [7, 11) is 0. The van der Waals surface area contributed by atoms with Gasteiger partial charge in [0.15, 0.2) is 0 Å². The quantitative estimate of drug-likeness (QED) is 0.900. The van der Waals surface area contributed by atoms with Crippen LogP contribution in [-0.4, -0.2) is 17.1 Å². The van der Waals surface area contributed by atoms with E-state index in [0.717, 1.165) is 0 Å². The van der Waals surface area contributed by atoms with Crippen LogP contribution < -0.4 is 5.32 Å². The van der Waals surface area contributed by atoms with Gasteiger partial charge in [-0.05, 0) is 31.9 Å². The molecule has 6 heteroatoms. The van der Waals surface area contributed by atoms with Crippen molar-refractivity contribution < 1.29 is 18.0 Å². The lowest BCUT2D eigenvalue weighted by Crippen LogP contribution is -2.39. The largest absolute Gasteiger partial charge is 0.392 e. The van der Waals surface area contributed by atoms with E-state index in [4.69, 9.17) is 0 Å². The van der Waals surface area contributed by atoms with Crippen LogP contribution in [0.2, 0.25) is 0 Å². The lowest BCUT2D eigenvalue weighted by Gasteiger charge is -2.31. The van der Waals surface area contributed by atoms with Crippen LogP contribution in [0.3, 0.4) is 0 Å². The highest BCUT2D eigenvalue weighted by molar-refractivity contribution is 5.92. The van der Waals surface area contributed by atoms with Crippen LogP contribution in [0.5, 0.6) is 0 Å². The fraction of sp³-hybridized carbons (Fsp3) is 0.571. The number of aryl methyl sites for hydroxylation is 1. The fourth-order valence-electron chi connectivity index (χ4n) is 2.67. The maximum Gasteiger partial charge on any atom is 0.392 e. The summed E-state index contributed by atoms with van der Waals surface area (Å²) in [5, 5.41) is 2.50. The smallest absolute Gasteiger partial charge is 0.310 e. The number of rotatable bonds is 2. The Bertz CT molecular complexity index is 488. The second-order valence-electron chi connectivity index (χ2n) is 5.19. The average molecular weight is 286 g/mol. The van der Waals surface area contributed by atoms with Crippen molar-refractivity contribution in [1.82, 2.24) is 4.98 Å². The molecule has 0 spiro atoms. The molecule has 110 valence electrons. The predicted molar refractivity (Wildman–Crippen MR) is 69.1 cm³/mol. The van der Waals surface area contributed by atoms with Gasteiger partial charge in [-0.3, -0.25) is 4.79 Å². The van der Waals surface area contributed by atoms with Crippen LogP contribution in [0, 0.1) is 18.8 Å². The van der Waals surface area contributed by atoms with E-state index >= 15 is 0 Å². The third-order valence-electron chi connectivity index (χ3n) is 3.66. The Morgan fingerprint density at radius 1 is 1.30 bits per heavy atom. The van der Waals surface area contributed by atoms with Gasteiger partial charge in [-0.25, -0.2) is 4.98 Å². The van der Waals surface area contributed by atoms with Crippen molar-refractivity contribution in [2.24, 2.45) is 11.8 Å². The molecule has 20 heavy (non-hydrogen) atoms. The normalized spacial score (nSPS) is 23.4. The molecule has 1 amide bonds.